The highest BCUT2D eigenvalue weighted by molar-refractivity contribution is 6.54. The summed E-state index contributed by atoms with van der Waals surface area (Å²) in [6.45, 7) is 0.668. The molecule has 4 rings (SSSR count). The maximum atomic E-state index is 13.2. The number of hydrogen-bond acceptors (Lipinski definition) is 3. The smallest absolute Gasteiger partial charge is 0.340 e. The molecule has 6 heteroatoms. The molecule has 0 bridgehead atoms. The van der Waals surface area contributed by atoms with E-state index >= 15 is 0 Å². The molecule has 2 N–H and O–H groups in total. The second kappa shape index (κ2) is 8.47. The van der Waals surface area contributed by atoms with E-state index in [4.69, 9.17) is 5.73 Å². The molecule has 29 heavy (non-hydrogen) atoms. The summed E-state index contributed by atoms with van der Waals surface area (Å²) in [7, 11) is 0. The maximum Gasteiger partial charge on any atom is 0.340 e. The van der Waals surface area contributed by atoms with E-state index in [1.165, 1.54) is 32.1 Å². The van der Waals surface area contributed by atoms with Gasteiger partial charge >= 0.3 is 6.03 Å². The second-order valence-corrected chi connectivity index (χ2v) is 7.70. The molecule has 1 saturated carbocycles. The van der Waals surface area contributed by atoms with Crippen LogP contribution in [0.4, 0.5) is 16.2 Å². The number of nitrogens with two attached hydrogens (primary N) is 1. The highest BCUT2D eigenvalue weighted by Gasteiger charge is 2.35. The first kappa shape index (κ1) is 19.2. The van der Waals surface area contributed by atoms with Gasteiger partial charge in [0.05, 0.1) is 11.4 Å². The molecule has 0 saturated heterocycles. The Labute approximate surface area is 171 Å². The molecule has 1 aliphatic carbocycles. The summed E-state index contributed by atoms with van der Waals surface area (Å²) < 4.78 is 0. The number of hydrogen-bond donors (Lipinski definition) is 1. The van der Waals surface area contributed by atoms with Crippen LogP contribution in [-0.2, 0) is 4.79 Å². The zero-order chi connectivity index (χ0) is 20.2. The Morgan fingerprint density at radius 2 is 1.72 bits per heavy atom. The van der Waals surface area contributed by atoms with Crippen molar-refractivity contribution in [2.45, 2.75) is 38.5 Å². The van der Waals surface area contributed by atoms with Gasteiger partial charge in [-0.1, -0.05) is 68.5 Å². The predicted molar refractivity (Wildman–Crippen MR) is 115 cm³/mol. The summed E-state index contributed by atoms with van der Waals surface area (Å²) >= 11 is 0. The van der Waals surface area contributed by atoms with E-state index in [-0.39, 0.29) is 11.6 Å². The zero-order valence-corrected chi connectivity index (χ0v) is 16.5. The number of carbonyl (C=O) groups excluding carboxylic acids is 2. The van der Waals surface area contributed by atoms with E-state index in [1.807, 2.05) is 30.3 Å². The molecule has 0 aromatic heterocycles. The number of para-hydroxylation sites is 2. The Kier molecular flexibility index (Phi) is 5.60. The lowest BCUT2D eigenvalue weighted by atomic mass is 9.87. The molecule has 1 heterocycles. The lowest BCUT2D eigenvalue weighted by molar-refractivity contribution is -0.112. The topological polar surface area (TPSA) is 79.0 Å². The summed E-state index contributed by atoms with van der Waals surface area (Å²) in [5, 5.41) is 5.49. The number of hydrazone groups is 1. The Balaban J connectivity index is 1.62. The molecule has 6 nitrogen and oxygen atoms in total. The van der Waals surface area contributed by atoms with E-state index in [1.54, 1.807) is 29.2 Å². The maximum absolute atomic E-state index is 13.2. The third-order valence-electron chi connectivity index (χ3n) is 5.79. The average molecular weight is 390 g/mol. The van der Waals surface area contributed by atoms with Gasteiger partial charge in [-0.2, -0.15) is 10.1 Å². The fourth-order valence-electron chi connectivity index (χ4n) is 4.27. The Morgan fingerprint density at radius 3 is 2.45 bits per heavy atom. The number of carbonyl (C=O) groups is 2. The second-order valence-electron chi connectivity index (χ2n) is 7.70. The first-order valence-corrected chi connectivity index (χ1v) is 10.3. The lowest BCUT2D eigenvalue weighted by Gasteiger charge is -2.24. The van der Waals surface area contributed by atoms with Crippen LogP contribution >= 0.6 is 0 Å². The van der Waals surface area contributed by atoms with Gasteiger partial charge in [0.2, 0.25) is 0 Å². The Morgan fingerprint density at radius 1 is 1.03 bits per heavy atom. The van der Waals surface area contributed by atoms with Gasteiger partial charge in [0.25, 0.3) is 5.91 Å². The molecule has 2 aromatic carbocycles. The highest BCUT2D eigenvalue weighted by atomic mass is 16.2. The fourth-order valence-corrected chi connectivity index (χ4v) is 4.27. The van der Waals surface area contributed by atoms with Crippen LogP contribution in [0.25, 0.3) is 0 Å². The SMILES string of the molecule is NC(=O)N(N=C1C(=O)N(CCC2CCCCC2)c2ccccc21)c1ccccc1. The van der Waals surface area contributed by atoms with Gasteiger partial charge in [-0.05, 0) is 30.5 Å². The van der Waals surface area contributed by atoms with Crippen molar-refractivity contribution in [3.8, 4) is 0 Å². The molecule has 0 spiro atoms. The quantitative estimate of drug-likeness (QED) is 0.773. The summed E-state index contributed by atoms with van der Waals surface area (Å²) in [5.74, 6) is 0.500. The van der Waals surface area contributed by atoms with Crippen molar-refractivity contribution in [1.29, 1.82) is 0 Å². The van der Waals surface area contributed by atoms with Gasteiger partial charge in [0.1, 0.15) is 0 Å². The molecule has 0 unspecified atom stereocenters. The normalized spacial score (nSPS) is 18.1. The Bertz CT molecular complexity index is 919. The Hall–Kier alpha value is -3.15. The minimum absolute atomic E-state index is 0.177. The molecule has 1 aliphatic heterocycles. The summed E-state index contributed by atoms with van der Waals surface area (Å²) in [6.07, 6.45) is 7.37. The van der Waals surface area contributed by atoms with Crippen molar-refractivity contribution in [2.24, 2.45) is 16.8 Å². The summed E-state index contributed by atoms with van der Waals surface area (Å²) in [4.78, 5) is 27.1. The first-order chi connectivity index (χ1) is 14.1. The third-order valence-corrected chi connectivity index (χ3v) is 5.79. The van der Waals surface area contributed by atoms with Crippen molar-refractivity contribution in [3.05, 3.63) is 60.2 Å². The fraction of sp³-hybridized carbons (Fsp3) is 0.348. The van der Waals surface area contributed by atoms with Crippen LogP contribution in [0.2, 0.25) is 0 Å². The molecule has 1 fully saturated rings. The van der Waals surface area contributed by atoms with Crippen LogP contribution in [0, 0.1) is 5.92 Å². The van der Waals surface area contributed by atoms with E-state index in [0.717, 1.165) is 22.7 Å². The molecule has 3 amide bonds. The van der Waals surface area contributed by atoms with E-state index in [0.29, 0.717) is 18.2 Å². The van der Waals surface area contributed by atoms with Crippen LogP contribution in [0.15, 0.2) is 59.7 Å². The standard InChI is InChI=1S/C23H26N4O2/c24-23(29)27(18-11-5-2-6-12-18)25-21-19-13-7-8-14-20(19)26(22(21)28)16-15-17-9-3-1-4-10-17/h2,5-8,11-14,17H,1,3-4,9-10,15-16H2,(H2,24,29). The molecular weight excluding hydrogens is 364 g/mol. The van der Waals surface area contributed by atoms with Gasteiger partial charge in [0, 0.05) is 12.1 Å². The van der Waals surface area contributed by atoms with E-state index < -0.39 is 6.03 Å². The van der Waals surface area contributed by atoms with E-state index in [9.17, 15) is 9.59 Å². The van der Waals surface area contributed by atoms with Gasteiger partial charge in [-0.15, -0.1) is 0 Å². The van der Waals surface area contributed by atoms with Crippen molar-refractivity contribution in [2.75, 3.05) is 16.5 Å². The number of nitrogens with zero attached hydrogens (tertiary/aromatic N) is 3. The average Bonchev–Trinajstić information content (AvgIpc) is 3.02. The van der Waals surface area contributed by atoms with Crippen LogP contribution in [0.1, 0.15) is 44.1 Å². The summed E-state index contributed by atoms with van der Waals surface area (Å²) in [6, 6.07) is 15.8. The first-order valence-electron chi connectivity index (χ1n) is 10.3. The van der Waals surface area contributed by atoms with Crippen LogP contribution < -0.4 is 15.6 Å². The van der Waals surface area contributed by atoms with E-state index in [2.05, 4.69) is 5.10 Å². The van der Waals surface area contributed by atoms with Crippen molar-refractivity contribution < 1.29 is 9.59 Å². The minimum Gasteiger partial charge on any atom is -0.350 e. The van der Waals surface area contributed by atoms with Gasteiger partial charge in [-0.25, -0.2) is 4.79 Å². The number of urea groups is 1. The number of anilines is 2. The molecule has 2 aromatic rings. The van der Waals surface area contributed by atoms with Gasteiger partial charge < -0.3 is 10.6 Å². The van der Waals surface area contributed by atoms with Gasteiger partial charge in [-0.3, -0.25) is 4.79 Å². The zero-order valence-electron chi connectivity index (χ0n) is 16.5. The molecular formula is C23H26N4O2. The van der Waals surface area contributed by atoms with Gasteiger partial charge in [0.15, 0.2) is 5.71 Å². The van der Waals surface area contributed by atoms with Crippen molar-refractivity contribution >= 4 is 29.0 Å². The monoisotopic (exact) mass is 390 g/mol. The minimum atomic E-state index is -0.727. The third kappa shape index (κ3) is 4.01. The number of amides is 3. The van der Waals surface area contributed by atoms with Crippen molar-refractivity contribution in [1.82, 2.24) is 0 Å². The summed E-state index contributed by atoms with van der Waals surface area (Å²) in [5.41, 5.74) is 7.93. The van der Waals surface area contributed by atoms with Crippen molar-refractivity contribution in [3.63, 3.8) is 0 Å². The largest absolute Gasteiger partial charge is 0.350 e. The number of primary amides is 1. The predicted octanol–water partition coefficient (Wildman–Crippen LogP) is 4.29. The lowest BCUT2D eigenvalue weighted by Crippen LogP contribution is -2.36. The van der Waals surface area contributed by atoms with Crippen LogP contribution in [-0.4, -0.2) is 24.2 Å². The highest BCUT2D eigenvalue weighted by Crippen LogP contribution is 2.32. The number of benzene rings is 2. The van der Waals surface area contributed by atoms with Crippen LogP contribution in [0.3, 0.4) is 0 Å². The molecule has 150 valence electrons. The molecule has 0 radical (unpaired) electrons. The molecule has 0 atom stereocenters. The molecule has 2 aliphatic rings. The van der Waals surface area contributed by atoms with Crippen LogP contribution in [0.5, 0.6) is 0 Å². The number of rotatable bonds is 5. The number of fused-ring (bicyclic) bond motifs is 1.